The summed E-state index contributed by atoms with van der Waals surface area (Å²) in [6.07, 6.45) is 2.30. The van der Waals surface area contributed by atoms with Crippen LogP contribution < -0.4 is 4.74 Å². The maximum atomic E-state index is 10.7. The zero-order chi connectivity index (χ0) is 10.8. The van der Waals surface area contributed by atoms with Crippen LogP contribution in [0.2, 0.25) is 0 Å². The number of hydrogen-bond acceptors (Lipinski definition) is 3. The Labute approximate surface area is 87.1 Å². The second-order valence-electron chi connectivity index (χ2n) is 3.74. The third-order valence-electron chi connectivity index (χ3n) is 2.38. The predicted octanol–water partition coefficient (Wildman–Crippen LogP) is 1.88. The molecular formula is C11H12O4. The summed E-state index contributed by atoms with van der Waals surface area (Å²) in [6.45, 7) is 0.552. The average Bonchev–Trinajstić information content (AvgIpc) is 3.00. The monoisotopic (exact) mass is 208 g/mol. The van der Waals surface area contributed by atoms with Crippen LogP contribution in [0.25, 0.3) is 0 Å². The number of carboxylic acid groups (broad SMARTS) is 1. The Morgan fingerprint density at radius 1 is 1.47 bits per heavy atom. The fourth-order valence-corrected chi connectivity index (χ4v) is 1.25. The van der Waals surface area contributed by atoms with Crippen LogP contribution >= 0.6 is 0 Å². The number of hydrogen-bond donors (Lipinski definition) is 2. The van der Waals surface area contributed by atoms with E-state index in [1.54, 1.807) is 0 Å². The van der Waals surface area contributed by atoms with E-state index in [1.807, 2.05) is 0 Å². The van der Waals surface area contributed by atoms with Gasteiger partial charge in [-0.2, -0.15) is 0 Å². The molecule has 1 fully saturated rings. The average molecular weight is 208 g/mol. The molecular weight excluding hydrogens is 196 g/mol. The summed E-state index contributed by atoms with van der Waals surface area (Å²) in [6, 6.07) is 4.04. The van der Waals surface area contributed by atoms with Gasteiger partial charge < -0.3 is 14.9 Å². The van der Waals surface area contributed by atoms with E-state index < -0.39 is 5.97 Å². The van der Waals surface area contributed by atoms with Gasteiger partial charge in [0.05, 0.1) is 12.2 Å². The van der Waals surface area contributed by atoms with E-state index in [-0.39, 0.29) is 17.1 Å². The molecule has 0 bridgehead atoms. The van der Waals surface area contributed by atoms with Crippen molar-refractivity contribution in [2.75, 3.05) is 6.61 Å². The highest BCUT2D eigenvalue weighted by molar-refractivity contribution is 5.88. The number of aromatic carboxylic acids is 1. The molecule has 0 heterocycles. The highest BCUT2D eigenvalue weighted by atomic mass is 16.5. The Balaban J connectivity index is 2.12. The lowest BCUT2D eigenvalue weighted by Gasteiger charge is -2.07. The molecule has 2 rings (SSSR count). The minimum absolute atomic E-state index is 0.0133. The van der Waals surface area contributed by atoms with Crippen molar-refractivity contribution in [1.82, 2.24) is 0 Å². The van der Waals surface area contributed by atoms with Gasteiger partial charge >= 0.3 is 5.97 Å². The smallest absolute Gasteiger partial charge is 0.335 e. The van der Waals surface area contributed by atoms with Crippen LogP contribution in [-0.4, -0.2) is 22.8 Å². The van der Waals surface area contributed by atoms with Crippen LogP contribution in [0.4, 0.5) is 0 Å². The zero-order valence-electron chi connectivity index (χ0n) is 8.14. The van der Waals surface area contributed by atoms with Crippen molar-refractivity contribution in [1.29, 1.82) is 0 Å². The first kappa shape index (κ1) is 9.83. The van der Waals surface area contributed by atoms with Crippen molar-refractivity contribution in [2.45, 2.75) is 12.8 Å². The number of rotatable bonds is 4. The van der Waals surface area contributed by atoms with E-state index in [0.29, 0.717) is 12.5 Å². The van der Waals surface area contributed by atoms with Crippen molar-refractivity contribution in [3.05, 3.63) is 23.8 Å². The fraction of sp³-hybridized carbons (Fsp3) is 0.364. The van der Waals surface area contributed by atoms with Gasteiger partial charge in [0.15, 0.2) is 11.5 Å². The van der Waals surface area contributed by atoms with Gasteiger partial charge in [-0.3, -0.25) is 0 Å². The SMILES string of the molecule is O=C(O)c1ccc(O)c(OCC2CC2)c1. The molecule has 0 unspecified atom stereocenters. The third kappa shape index (κ3) is 2.40. The summed E-state index contributed by atoms with van der Waals surface area (Å²) < 4.78 is 5.34. The Morgan fingerprint density at radius 2 is 2.20 bits per heavy atom. The molecule has 1 aliphatic rings. The lowest BCUT2D eigenvalue weighted by Crippen LogP contribution is -2.01. The summed E-state index contributed by atoms with van der Waals surface area (Å²) in [4.78, 5) is 10.7. The Bertz CT molecular complexity index is 382. The van der Waals surface area contributed by atoms with E-state index in [9.17, 15) is 9.90 Å². The number of aromatic hydroxyl groups is 1. The molecule has 80 valence electrons. The molecule has 4 heteroatoms. The minimum atomic E-state index is -1.02. The zero-order valence-corrected chi connectivity index (χ0v) is 8.14. The Morgan fingerprint density at radius 3 is 2.80 bits per heavy atom. The third-order valence-corrected chi connectivity index (χ3v) is 2.38. The van der Waals surface area contributed by atoms with Crippen LogP contribution in [0.15, 0.2) is 18.2 Å². The molecule has 4 nitrogen and oxygen atoms in total. The van der Waals surface area contributed by atoms with Gasteiger partial charge in [-0.15, -0.1) is 0 Å². The predicted molar refractivity (Wildman–Crippen MR) is 53.3 cm³/mol. The highest BCUT2D eigenvalue weighted by Gasteiger charge is 2.22. The summed E-state index contributed by atoms with van der Waals surface area (Å²) in [7, 11) is 0. The molecule has 2 N–H and O–H groups in total. The van der Waals surface area contributed by atoms with Crippen molar-refractivity contribution in [2.24, 2.45) is 5.92 Å². The second-order valence-corrected chi connectivity index (χ2v) is 3.74. The maximum absolute atomic E-state index is 10.7. The molecule has 0 radical (unpaired) electrons. The Hall–Kier alpha value is -1.71. The molecule has 1 aromatic rings. The number of carboxylic acids is 1. The van der Waals surface area contributed by atoms with E-state index in [1.165, 1.54) is 18.2 Å². The van der Waals surface area contributed by atoms with Crippen LogP contribution in [-0.2, 0) is 0 Å². The van der Waals surface area contributed by atoms with Crippen LogP contribution in [0.1, 0.15) is 23.2 Å². The Kier molecular flexibility index (Phi) is 2.49. The van der Waals surface area contributed by atoms with Crippen molar-refractivity contribution < 1.29 is 19.7 Å². The molecule has 0 aromatic heterocycles. The largest absolute Gasteiger partial charge is 0.504 e. The summed E-state index contributed by atoms with van der Waals surface area (Å²) in [5, 5.41) is 18.2. The first-order valence-electron chi connectivity index (χ1n) is 4.86. The summed E-state index contributed by atoms with van der Waals surface area (Å²) in [5.41, 5.74) is 0.124. The summed E-state index contributed by atoms with van der Waals surface area (Å²) in [5.74, 6) is -0.216. The highest BCUT2D eigenvalue weighted by Crippen LogP contribution is 2.32. The lowest BCUT2D eigenvalue weighted by molar-refractivity contribution is 0.0696. The van der Waals surface area contributed by atoms with Gasteiger partial charge in [0, 0.05) is 0 Å². The molecule has 0 atom stereocenters. The number of phenols is 1. The van der Waals surface area contributed by atoms with Gasteiger partial charge in [-0.1, -0.05) is 0 Å². The molecule has 0 aliphatic heterocycles. The van der Waals surface area contributed by atoms with E-state index in [4.69, 9.17) is 9.84 Å². The van der Waals surface area contributed by atoms with E-state index in [0.717, 1.165) is 12.8 Å². The molecule has 0 spiro atoms. The number of ether oxygens (including phenoxy) is 1. The van der Waals surface area contributed by atoms with Crippen molar-refractivity contribution in [3.8, 4) is 11.5 Å². The molecule has 1 saturated carbocycles. The van der Waals surface area contributed by atoms with Crippen LogP contribution in [0.3, 0.4) is 0 Å². The van der Waals surface area contributed by atoms with Gasteiger partial charge in [0.1, 0.15) is 0 Å². The molecule has 15 heavy (non-hydrogen) atoms. The number of carbonyl (C=O) groups is 1. The topological polar surface area (TPSA) is 66.8 Å². The first-order valence-corrected chi connectivity index (χ1v) is 4.86. The summed E-state index contributed by atoms with van der Waals surface area (Å²) >= 11 is 0. The van der Waals surface area contributed by atoms with Gasteiger partial charge in [-0.05, 0) is 37.0 Å². The van der Waals surface area contributed by atoms with Crippen molar-refractivity contribution in [3.63, 3.8) is 0 Å². The molecule has 1 aromatic carbocycles. The standard InChI is InChI=1S/C11H12O4/c12-9-4-3-8(11(13)14)5-10(9)15-6-7-1-2-7/h3-5,7,12H,1-2,6H2,(H,13,14). The second kappa shape index (κ2) is 3.81. The van der Waals surface area contributed by atoms with Crippen LogP contribution in [0.5, 0.6) is 11.5 Å². The van der Waals surface area contributed by atoms with Crippen molar-refractivity contribution >= 4 is 5.97 Å². The van der Waals surface area contributed by atoms with E-state index >= 15 is 0 Å². The lowest BCUT2D eigenvalue weighted by atomic mass is 10.2. The first-order chi connectivity index (χ1) is 7.16. The molecule has 0 amide bonds. The van der Waals surface area contributed by atoms with Gasteiger partial charge in [-0.25, -0.2) is 4.79 Å². The van der Waals surface area contributed by atoms with Gasteiger partial charge in [0.2, 0.25) is 0 Å². The quantitative estimate of drug-likeness (QED) is 0.792. The number of phenolic OH excluding ortho intramolecular Hbond substituents is 1. The minimum Gasteiger partial charge on any atom is -0.504 e. The van der Waals surface area contributed by atoms with E-state index in [2.05, 4.69) is 0 Å². The normalized spacial score (nSPS) is 14.9. The molecule has 0 saturated heterocycles. The fourth-order valence-electron chi connectivity index (χ4n) is 1.25. The maximum Gasteiger partial charge on any atom is 0.335 e. The van der Waals surface area contributed by atoms with Gasteiger partial charge in [0.25, 0.3) is 0 Å². The van der Waals surface area contributed by atoms with Crippen LogP contribution in [0, 0.1) is 5.92 Å². The number of benzene rings is 1. The molecule has 1 aliphatic carbocycles.